The molecule has 1 rings (SSSR count). The number of aliphatic imine (C=N–C) groups is 1. The molecular weight excluding hydrogens is 425 g/mol. The second kappa shape index (κ2) is 15.0. The van der Waals surface area contributed by atoms with Gasteiger partial charge in [-0.25, -0.2) is 0 Å². The van der Waals surface area contributed by atoms with E-state index in [1.807, 2.05) is 18.2 Å². The molecule has 0 atom stereocenters. The molecule has 0 bridgehead atoms. The third kappa shape index (κ3) is 10.8. The summed E-state index contributed by atoms with van der Waals surface area (Å²) >= 11 is 6.16. The Hall–Kier alpha value is -0.530. The van der Waals surface area contributed by atoms with Crippen molar-refractivity contribution in [1.82, 2.24) is 10.6 Å². The first-order valence-corrected chi connectivity index (χ1v) is 8.40. The zero-order valence-corrected chi connectivity index (χ0v) is 17.2. The zero-order valence-electron chi connectivity index (χ0n) is 14.1. The summed E-state index contributed by atoms with van der Waals surface area (Å²) < 4.78 is 5.04. The maximum atomic E-state index is 6.16. The van der Waals surface area contributed by atoms with Gasteiger partial charge < -0.3 is 15.4 Å². The van der Waals surface area contributed by atoms with E-state index in [0.29, 0.717) is 0 Å². The molecule has 0 spiro atoms. The number of methoxy groups -OCH3 is 1. The Bertz CT molecular complexity index is 444. The van der Waals surface area contributed by atoms with Crippen LogP contribution in [0.4, 0.5) is 0 Å². The minimum absolute atomic E-state index is 0. The van der Waals surface area contributed by atoms with Crippen LogP contribution in [0.15, 0.2) is 29.3 Å². The van der Waals surface area contributed by atoms with Crippen molar-refractivity contribution in [2.75, 3.05) is 33.4 Å². The van der Waals surface area contributed by atoms with Gasteiger partial charge in [0.2, 0.25) is 0 Å². The molecule has 0 aliphatic carbocycles. The normalized spacial score (nSPS) is 11.0. The second-order valence-corrected chi connectivity index (χ2v) is 5.49. The highest BCUT2D eigenvalue weighted by Gasteiger charge is 2.00. The van der Waals surface area contributed by atoms with Gasteiger partial charge in [-0.1, -0.05) is 29.8 Å². The Morgan fingerprint density at radius 3 is 2.65 bits per heavy atom. The number of hydrogen-bond acceptors (Lipinski definition) is 2. The Morgan fingerprint density at radius 1 is 1.17 bits per heavy atom. The molecule has 0 amide bonds. The molecular formula is C17H29ClIN3O. The van der Waals surface area contributed by atoms with E-state index in [9.17, 15) is 0 Å². The van der Waals surface area contributed by atoms with Crippen LogP contribution in [0.3, 0.4) is 0 Å². The van der Waals surface area contributed by atoms with E-state index in [4.69, 9.17) is 16.3 Å². The smallest absolute Gasteiger partial charge is 0.191 e. The molecule has 1 aromatic carbocycles. The van der Waals surface area contributed by atoms with Crippen molar-refractivity contribution in [2.24, 2.45) is 4.99 Å². The van der Waals surface area contributed by atoms with Crippen LogP contribution in [0.1, 0.15) is 31.7 Å². The van der Waals surface area contributed by atoms with Crippen molar-refractivity contribution in [3.8, 4) is 0 Å². The summed E-state index contributed by atoms with van der Waals surface area (Å²) in [7, 11) is 1.74. The molecule has 6 heteroatoms. The lowest BCUT2D eigenvalue weighted by molar-refractivity contribution is 0.192. The van der Waals surface area contributed by atoms with Crippen LogP contribution in [0.25, 0.3) is 0 Å². The topological polar surface area (TPSA) is 45.7 Å². The third-order valence-corrected chi connectivity index (χ3v) is 3.63. The molecule has 132 valence electrons. The largest absolute Gasteiger partial charge is 0.385 e. The van der Waals surface area contributed by atoms with Crippen molar-refractivity contribution in [2.45, 2.75) is 32.6 Å². The lowest BCUT2D eigenvalue weighted by Crippen LogP contribution is -2.38. The highest BCUT2D eigenvalue weighted by atomic mass is 127. The summed E-state index contributed by atoms with van der Waals surface area (Å²) in [6, 6.07) is 7.95. The predicted octanol–water partition coefficient (Wildman–Crippen LogP) is 3.87. The van der Waals surface area contributed by atoms with E-state index in [-0.39, 0.29) is 24.0 Å². The van der Waals surface area contributed by atoms with Gasteiger partial charge in [-0.3, -0.25) is 4.99 Å². The number of nitrogens with zero attached hydrogens (tertiary/aromatic N) is 1. The van der Waals surface area contributed by atoms with Crippen LogP contribution < -0.4 is 10.6 Å². The Labute approximate surface area is 162 Å². The van der Waals surface area contributed by atoms with Gasteiger partial charge in [-0.15, -0.1) is 24.0 Å². The van der Waals surface area contributed by atoms with E-state index in [2.05, 4.69) is 28.6 Å². The van der Waals surface area contributed by atoms with Gasteiger partial charge in [0.15, 0.2) is 5.96 Å². The van der Waals surface area contributed by atoms with E-state index in [1.54, 1.807) is 7.11 Å². The van der Waals surface area contributed by atoms with Crippen molar-refractivity contribution >= 4 is 41.5 Å². The molecule has 0 saturated heterocycles. The molecule has 0 heterocycles. The second-order valence-electron chi connectivity index (χ2n) is 5.08. The number of halogens is 2. The average molecular weight is 454 g/mol. The Morgan fingerprint density at radius 2 is 1.96 bits per heavy atom. The van der Waals surface area contributed by atoms with E-state index < -0.39 is 0 Å². The third-order valence-electron chi connectivity index (χ3n) is 3.27. The molecule has 0 saturated carbocycles. The maximum Gasteiger partial charge on any atom is 0.191 e. The van der Waals surface area contributed by atoms with Gasteiger partial charge in [0.25, 0.3) is 0 Å². The fourth-order valence-corrected chi connectivity index (χ4v) is 2.31. The number of nitrogens with one attached hydrogen (secondary N) is 2. The van der Waals surface area contributed by atoms with Crippen LogP contribution in [-0.2, 0) is 11.2 Å². The van der Waals surface area contributed by atoms with Crippen molar-refractivity contribution < 1.29 is 4.74 Å². The first kappa shape index (κ1) is 22.5. The van der Waals surface area contributed by atoms with E-state index >= 15 is 0 Å². The Kier molecular flexibility index (Phi) is 14.7. The monoisotopic (exact) mass is 453 g/mol. The fourth-order valence-electron chi connectivity index (χ4n) is 2.08. The molecule has 4 nitrogen and oxygen atoms in total. The summed E-state index contributed by atoms with van der Waals surface area (Å²) in [5, 5.41) is 7.44. The van der Waals surface area contributed by atoms with Crippen molar-refractivity contribution in [3.63, 3.8) is 0 Å². The molecule has 0 fully saturated rings. The zero-order chi connectivity index (χ0) is 16.0. The van der Waals surface area contributed by atoms with Gasteiger partial charge in [0, 0.05) is 38.4 Å². The molecule has 0 aromatic heterocycles. The lowest BCUT2D eigenvalue weighted by Gasteiger charge is -2.11. The summed E-state index contributed by atoms with van der Waals surface area (Å²) in [6.45, 7) is 5.43. The number of hydrogen-bond donors (Lipinski definition) is 2. The number of guanidine groups is 1. The van der Waals surface area contributed by atoms with Gasteiger partial charge in [-0.05, 0) is 44.2 Å². The maximum absolute atomic E-state index is 6.16. The van der Waals surface area contributed by atoms with Gasteiger partial charge in [-0.2, -0.15) is 0 Å². The van der Waals surface area contributed by atoms with Gasteiger partial charge >= 0.3 is 0 Å². The fraction of sp³-hybridized carbons (Fsp3) is 0.588. The number of rotatable bonds is 10. The summed E-state index contributed by atoms with van der Waals surface area (Å²) in [5.41, 5.74) is 1.16. The quantitative estimate of drug-likeness (QED) is 0.245. The molecule has 2 N–H and O–H groups in total. The van der Waals surface area contributed by atoms with Gasteiger partial charge in [0.05, 0.1) is 0 Å². The summed E-state index contributed by atoms with van der Waals surface area (Å²) in [4.78, 5) is 4.59. The minimum Gasteiger partial charge on any atom is -0.385 e. The highest BCUT2D eigenvalue weighted by molar-refractivity contribution is 14.0. The molecule has 0 unspecified atom stereocenters. The van der Waals surface area contributed by atoms with Crippen molar-refractivity contribution in [1.29, 1.82) is 0 Å². The summed E-state index contributed by atoms with van der Waals surface area (Å²) in [6.07, 6.45) is 4.22. The van der Waals surface area contributed by atoms with Crippen LogP contribution in [0, 0.1) is 0 Å². The van der Waals surface area contributed by atoms with Gasteiger partial charge in [0.1, 0.15) is 0 Å². The minimum atomic E-state index is 0. The molecule has 0 aliphatic rings. The molecule has 0 radical (unpaired) electrons. The molecule has 1 aromatic rings. The first-order chi connectivity index (χ1) is 10.8. The highest BCUT2D eigenvalue weighted by Crippen LogP contribution is 2.14. The average Bonchev–Trinajstić information content (AvgIpc) is 2.52. The predicted molar refractivity (Wildman–Crippen MR) is 110 cm³/mol. The standard InChI is InChI=1S/C17H28ClN3O.HI/c1-3-19-17(20-12-7-4-8-14-22-2)21-13-11-15-9-5-6-10-16(15)18;/h5-6,9-10H,3-4,7-8,11-14H2,1-2H3,(H2,19,20,21);1H. The van der Waals surface area contributed by atoms with E-state index in [0.717, 1.165) is 68.5 Å². The SMILES string of the molecule is CCNC(=NCCCCCOC)NCCc1ccccc1Cl.I. The van der Waals surface area contributed by atoms with Crippen molar-refractivity contribution in [3.05, 3.63) is 34.9 Å². The first-order valence-electron chi connectivity index (χ1n) is 8.02. The number of benzene rings is 1. The van der Waals surface area contributed by atoms with Crippen LogP contribution in [-0.4, -0.2) is 39.3 Å². The number of ether oxygens (including phenoxy) is 1. The number of unbranched alkanes of at least 4 members (excludes halogenated alkanes) is 2. The van der Waals surface area contributed by atoms with Crippen LogP contribution in [0.2, 0.25) is 5.02 Å². The van der Waals surface area contributed by atoms with Crippen LogP contribution in [0.5, 0.6) is 0 Å². The van der Waals surface area contributed by atoms with Crippen LogP contribution >= 0.6 is 35.6 Å². The Balaban J connectivity index is 0.00000484. The molecule has 23 heavy (non-hydrogen) atoms. The van der Waals surface area contributed by atoms with E-state index in [1.165, 1.54) is 0 Å². The summed E-state index contributed by atoms with van der Waals surface area (Å²) in [5.74, 6) is 0.876. The molecule has 0 aliphatic heterocycles. The lowest BCUT2D eigenvalue weighted by atomic mass is 10.1.